The van der Waals surface area contributed by atoms with E-state index in [1.165, 1.54) is 48.5 Å². The highest BCUT2D eigenvalue weighted by molar-refractivity contribution is 7.46. The van der Waals surface area contributed by atoms with E-state index in [1.54, 1.807) is 26.0 Å². The standard InChI is InChI=1S/C27H32ClF2N4O8P/c1-27(2,16-42-43(37,38)39)15-40-13-21(34(3)25(35)32-12-18-5-4-6-22(30)24(18)28)14-41-26(36)33-23-10-19-9-20(29)8-7-17(19)11-31-23/h4-11,21H,12-16H2,1-3H3,(H,32,35)(H,31,33,36)(H2,37,38,39)/t21-/m0/s1. The fourth-order valence-corrected chi connectivity index (χ4v) is 4.39. The van der Waals surface area contributed by atoms with E-state index in [9.17, 15) is 22.9 Å². The van der Waals surface area contributed by atoms with E-state index in [-0.39, 0.29) is 43.8 Å². The number of carbonyl (C=O) groups excluding carboxylic acids is 2. The van der Waals surface area contributed by atoms with Gasteiger partial charge in [-0.15, -0.1) is 0 Å². The van der Waals surface area contributed by atoms with Crippen LogP contribution in [0, 0.1) is 17.0 Å². The molecule has 1 heterocycles. The predicted molar refractivity (Wildman–Crippen MR) is 154 cm³/mol. The molecule has 0 fully saturated rings. The third-order valence-electron chi connectivity index (χ3n) is 6.08. The lowest BCUT2D eigenvalue weighted by molar-refractivity contribution is -0.00343. The third-order valence-corrected chi connectivity index (χ3v) is 6.97. The Morgan fingerprint density at radius 3 is 2.58 bits per heavy atom. The van der Waals surface area contributed by atoms with Gasteiger partial charge >= 0.3 is 19.9 Å². The lowest BCUT2D eigenvalue weighted by Crippen LogP contribution is -2.48. The first kappa shape index (κ1) is 34.1. The van der Waals surface area contributed by atoms with Crippen molar-refractivity contribution in [3.8, 4) is 0 Å². The maximum absolute atomic E-state index is 13.8. The topological polar surface area (TPSA) is 160 Å². The van der Waals surface area contributed by atoms with Crippen molar-refractivity contribution in [2.75, 3.05) is 38.8 Å². The molecule has 3 rings (SSSR count). The molecular formula is C27H32ClF2N4O8P. The van der Waals surface area contributed by atoms with Crippen LogP contribution in [0.15, 0.2) is 48.7 Å². The first-order valence-electron chi connectivity index (χ1n) is 12.8. The fraction of sp³-hybridized carbons (Fsp3) is 0.370. The smallest absolute Gasteiger partial charge is 0.447 e. The fourth-order valence-electron chi connectivity index (χ4n) is 3.68. The predicted octanol–water partition coefficient (Wildman–Crippen LogP) is 5.08. The molecule has 2 aromatic carbocycles. The molecule has 3 amide bonds. The molecule has 12 nitrogen and oxygen atoms in total. The van der Waals surface area contributed by atoms with Gasteiger partial charge in [0.2, 0.25) is 0 Å². The molecule has 4 N–H and O–H groups in total. The van der Waals surface area contributed by atoms with E-state index in [0.29, 0.717) is 16.3 Å². The third kappa shape index (κ3) is 11.0. The molecule has 0 saturated heterocycles. The van der Waals surface area contributed by atoms with Crippen molar-refractivity contribution in [1.29, 1.82) is 0 Å². The highest BCUT2D eigenvalue weighted by Crippen LogP contribution is 2.38. The first-order chi connectivity index (χ1) is 20.1. The average Bonchev–Trinajstić information content (AvgIpc) is 2.93. The Morgan fingerprint density at radius 2 is 1.86 bits per heavy atom. The summed E-state index contributed by atoms with van der Waals surface area (Å²) in [5, 5.41) is 6.11. The quantitative estimate of drug-likeness (QED) is 0.186. The summed E-state index contributed by atoms with van der Waals surface area (Å²) in [6.07, 6.45) is 0.561. The van der Waals surface area contributed by atoms with Crippen LogP contribution in [0.1, 0.15) is 19.4 Å². The minimum atomic E-state index is -4.69. The van der Waals surface area contributed by atoms with E-state index in [4.69, 9.17) is 30.9 Å². The average molecular weight is 645 g/mol. The number of hydrogen-bond acceptors (Lipinski definition) is 7. The Balaban J connectivity index is 1.64. The molecule has 234 valence electrons. The van der Waals surface area contributed by atoms with Crippen LogP contribution < -0.4 is 10.6 Å². The normalized spacial score (nSPS) is 12.6. The lowest BCUT2D eigenvalue weighted by Gasteiger charge is -2.30. The van der Waals surface area contributed by atoms with Crippen LogP contribution in [0.2, 0.25) is 5.02 Å². The number of benzene rings is 2. The van der Waals surface area contributed by atoms with E-state index < -0.39 is 43.0 Å². The highest BCUT2D eigenvalue weighted by Gasteiger charge is 2.27. The summed E-state index contributed by atoms with van der Waals surface area (Å²) in [7, 11) is -3.26. The number of anilines is 1. The van der Waals surface area contributed by atoms with Gasteiger partial charge in [-0.1, -0.05) is 37.6 Å². The van der Waals surface area contributed by atoms with E-state index in [0.717, 1.165) is 0 Å². The molecule has 0 aliphatic heterocycles. The molecule has 0 spiro atoms. The summed E-state index contributed by atoms with van der Waals surface area (Å²) in [5.74, 6) is -0.975. The van der Waals surface area contributed by atoms with Gasteiger partial charge in [0.15, 0.2) is 0 Å². The lowest BCUT2D eigenvalue weighted by atomic mass is 9.96. The summed E-state index contributed by atoms with van der Waals surface area (Å²) in [4.78, 5) is 48.8. The maximum atomic E-state index is 13.8. The summed E-state index contributed by atoms with van der Waals surface area (Å²) in [6.45, 7) is 2.40. The van der Waals surface area contributed by atoms with Crippen LogP contribution in [0.25, 0.3) is 10.8 Å². The number of fused-ring (bicyclic) bond motifs is 1. The van der Waals surface area contributed by atoms with Crippen LogP contribution >= 0.6 is 19.4 Å². The molecular weight excluding hydrogens is 613 g/mol. The zero-order chi connectivity index (χ0) is 31.8. The van der Waals surface area contributed by atoms with Crippen LogP contribution in [0.3, 0.4) is 0 Å². The van der Waals surface area contributed by atoms with Crippen molar-refractivity contribution >= 4 is 48.1 Å². The molecule has 0 bridgehead atoms. The largest absolute Gasteiger partial charge is 0.469 e. The second-order valence-corrected chi connectivity index (χ2v) is 12.0. The van der Waals surface area contributed by atoms with Gasteiger partial charge in [-0.25, -0.2) is 27.9 Å². The van der Waals surface area contributed by atoms with E-state index in [1.807, 2.05) is 0 Å². The summed E-state index contributed by atoms with van der Waals surface area (Å²) < 4.78 is 54.0. The number of rotatable bonds is 13. The summed E-state index contributed by atoms with van der Waals surface area (Å²) in [6, 6.07) is 8.34. The number of hydrogen-bond donors (Lipinski definition) is 4. The number of amides is 3. The molecule has 1 aromatic heterocycles. The highest BCUT2D eigenvalue weighted by atomic mass is 35.5. The maximum Gasteiger partial charge on any atom is 0.469 e. The number of halogens is 3. The number of urea groups is 1. The molecule has 43 heavy (non-hydrogen) atoms. The van der Waals surface area contributed by atoms with Crippen molar-refractivity contribution in [2.24, 2.45) is 5.41 Å². The number of likely N-dealkylation sites (N-methyl/N-ethyl adjacent to an activating group) is 1. The zero-order valence-electron chi connectivity index (χ0n) is 23.6. The van der Waals surface area contributed by atoms with Gasteiger partial charge in [-0.05, 0) is 41.3 Å². The number of pyridine rings is 1. The van der Waals surface area contributed by atoms with Crippen molar-refractivity contribution in [3.63, 3.8) is 0 Å². The van der Waals surface area contributed by atoms with Crippen LogP contribution in [-0.2, 0) is 25.1 Å². The number of ether oxygens (including phenoxy) is 2. The molecule has 1 atom stereocenters. The van der Waals surface area contributed by atoms with E-state index in [2.05, 4.69) is 20.1 Å². The molecule has 0 unspecified atom stereocenters. The Morgan fingerprint density at radius 1 is 1.12 bits per heavy atom. The first-order valence-corrected chi connectivity index (χ1v) is 14.7. The zero-order valence-corrected chi connectivity index (χ0v) is 25.2. The van der Waals surface area contributed by atoms with Crippen molar-refractivity contribution < 1.29 is 46.7 Å². The van der Waals surface area contributed by atoms with Gasteiger partial charge in [0.1, 0.15) is 24.1 Å². The SMILES string of the molecule is CN(C(=O)NCc1cccc(F)c1Cl)[C@@H](COCC(C)(C)COP(=O)(O)O)COC(=O)Nc1cc2cc(F)ccc2cn1. The number of phosphoric acid groups is 1. The molecule has 3 aromatic rings. The van der Waals surface area contributed by atoms with Crippen molar-refractivity contribution in [1.82, 2.24) is 15.2 Å². The van der Waals surface area contributed by atoms with Crippen molar-refractivity contribution in [2.45, 2.75) is 26.4 Å². The van der Waals surface area contributed by atoms with Gasteiger partial charge in [-0.3, -0.25) is 9.84 Å². The molecule has 0 aliphatic carbocycles. The second-order valence-electron chi connectivity index (χ2n) is 10.4. The minimum Gasteiger partial charge on any atom is -0.447 e. The number of nitrogens with one attached hydrogen (secondary N) is 2. The van der Waals surface area contributed by atoms with Crippen molar-refractivity contribution in [3.05, 3.63) is 70.9 Å². The Kier molecular flexibility index (Phi) is 11.8. The number of nitrogens with zero attached hydrogens (tertiary/aromatic N) is 2. The van der Waals surface area contributed by atoms with Crippen LogP contribution in [0.4, 0.5) is 24.2 Å². The number of phosphoric ester groups is 1. The minimum absolute atomic E-state index is 0.0262. The monoisotopic (exact) mass is 644 g/mol. The van der Waals surface area contributed by atoms with E-state index >= 15 is 0 Å². The van der Waals surface area contributed by atoms with Crippen LogP contribution in [0.5, 0.6) is 0 Å². The van der Waals surface area contributed by atoms with Gasteiger partial charge in [0.25, 0.3) is 0 Å². The van der Waals surface area contributed by atoms with Gasteiger partial charge in [0, 0.05) is 30.6 Å². The Labute approximate surface area is 251 Å². The summed E-state index contributed by atoms with van der Waals surface area (Å²) in [5.41, 5.74) is -0.471. The Hall–Kier alpha value is -3.39. The van der Waals surface area contributed by atoms with Gasteiger partial charge in [-0.2, -0.15) is 0 Å². The van der Waals surface area contributed by atoms with Crippen LogP contribution in [-0.4, -0.2) is 71.3 Å². The molecule has 16 heteroatoms. The second kappa shape index (κ2) is 14.9. The molecule has 0 saturated carbocycles. The molecule has 0 aliphatic rings. The number of carbonyl (C=O) groups is 2. The van der Waals surface area contributed by atoms with Gasteiger partial charge in [0.05, 0.1) is 30.9 Å². The molecule has 0 radical (unpaired) electrons. The number of aromatic nitrogens is 1. The summed E-state index contributed by atoms with van der Waals surface area (Å²) >= 11 is 5.97. The Bertz CT molecular complexity index is 1490. The van der Waals surface area contributed by atoms with Gasteiger partial charge < -0.3 is 29.5 Å².